The number of amides is 1. The minimum atomic E-state index is -1.08. The van der Waals surface area contributed by atoms with E-state index < -0.39 is 18.4 Å². The van der Waals surface area contributed by atoms with Gasteiger partial charge in [-0.05, 0) is 47.9 Å². The number of nitrogens with zero attached hydrogens (tertiary/aromatic N) is 2. The van der Waals surface area contributed by atoms with Crippen molar-refractivity contribution < 1.29 is 24.2 Å². The van der Waals surface area contributed by atoms with Crippen LogP contribution in [-0.2, 0) is 17.8 Å². The van der Waals surface area contributed by atoms with Crippen LogP contribution >= 0.6 is 11.3 Å². The summed E-state index contributed by atoms with van der Waals surface area (Å²) in [5.41, 5.74) is 4.30. The summed E-state index contributed by atoms with van der Waals surface area (Å²) in [4.78, 5) is 30.1. The first-order chi connectivity index (χ1) is 18.5. The smallest absolute Gasteiger partial charge is 0.322 e. The van der Waals surface area contributed by atoms with E-state index in [0.29, 0.717) is 12.1 Å². The Morgan fingerprint density at radius 1 is 0.974 bits per heavy atom. The highest BCUT2D eigenvalue weighted by Gasteiger charge is 2.17. The Morgan fingerprint density at radius 2 is 1.74 bits per heavy atom. The third-order valence-electron chi connectivity index (χ3n) is 5.95. The highest BCUT2D eigenvalue weighted by molar-refractivity contribution is 7.14. The third-order valence-corrected chi connectivity index (χ3v) is 6.85. The van der Waals surface area contributed by atoms with Gasteiger partial charge in [-0.15, -0.1) is 11.3 Å². The second kappa shape index (κ2) is 12.7. The third kappa shape index (κ3) is 6.89. The number of nitrogens with one attached hydrogen (secondary N) is 1. The Kier molecular flexibility index (Phi) is 8.94. The molecule has 0 aliphatic carbocycles. The number of hydrogen-bond donors (Lipinski definition) is 2. The zero-order valence-electron chi connectivity index (χ0n) is 21.2. The number of methoxy groups -OCH3 is 2. The summed E-state index contributed by atoms with van der Waals surface area (Å²) in [5.74, 6) is -0.0610. The Morgan fingerprint density at radius 3 is 2.42 bits per heavy atom. The van der Waals surface area contributed by atoms with Crippen molar-refractivity contribution in [3.05, 3.63) is 94.9 Å². The minimum absolute atomic E-state index is 0.410. The van der Waals surface area contributed by atoms with Crippen molar-refractivity contribution in [3.63, 3.8) is 0 Å². The van der Waals surface area contributed by atoms with Gasteiger partial charge in [-0.2, -0.15) is 0 Å². The van der Waals surface area contributed by atoms with Crippen molar-refractivity contribution in [2.45, 2.75) is 13.0 Å². The summed E-state index contributed by atoms with van der Waals surface area (Å²) in [6.45, 7) is 0.914. The van der Waals surface area contributed by atoms with Gasteiger partial charge in [0.1, 0.15) is 18.0 Å². The molecule has 9 heteroatoms. The maximum Gasteiger partial charge on any atom is 0.322 e. The molecule has 0 saturated heterocycles. The first-order valence-corrected chi connectivity index (χ1v) is 12.9. The second-order valence-corrected chi connectivity index (χ2v) is 9.35. The molecule has 4 rings (SSSR count). The molecule has 0 spiro atoms. The molecule has 0 aliphatic rings. The molecular formula is C29H29N3O5S. The van der Waals surface area contributed by atoms with Crippen LogP contribution in [0.4, 0.5) is 5.13 Å². The summed E-state index contributed by atoms with van der Waals surface area (Å²) in [6, 6.07) is 23.1. The van der Waals surface area contributed by atoms with Gasteiger partial charge in [0.25, 0.3) is 5.91 Å². The van der Waals surface area contributed by atoms with Gasteiger partial charge in [0.2, 0.25) is 0 Å². The lowest BCUT2D eigenvalue weighted by Crippen LogP contribution is -2.29. The quantitative estimate of drug-likeness (QED) is 0.268. The average Bonchev–Trinajstić information content (AvgIpc) is 3.44. The summed E-state index contributed by atoms with van der Waals surface area (Å²) in [7, 11) is 3.26. The molecule has 38 heavy (non-hydrogen) atoms. The molecule has 1 amide bonds. The lowest BCUT2D eigenvalue weighted by Gasteiger charge is -2.22. The van der Waals surface area contributed by atoms with Crippen molar-refractivity contribution in [2.75, 3.05) is 32.2 Å². The molecule has 0 radical (unpaired) electrons. The van der Waals surface area contributed by atoms with Crippen molar-refractivity contribution in [2.24, 2.45) is 0 Å². The number of carbonyl (C=O) groups is 2. The Balaban J connectivity index is 1.57. The monoisotopic (exact) mass is 531 g/mol. The van der Waals surface area contributed by atoms with Gasteiger partial charge >= 0.3 is 5.97 Å². The predicted octanol–water partition coefficient (Wildman–Crippen LogP) is 4.89. The van der Waals surface area contributed by atoms with E-state index in [1.54, 1.807) is 37.7 Å². The first kappa shape index (κ1) is 26.7. The average molecular weight is 532 g/mol. The maximum atomic E-state index is 12.2. The van der Waals surface area contributed by atoms with Crippen LogP contribution in [0, 0.1) is 0 Å². The van der Waals surface area contributed by atoms with Gasteiger partial charge in [-0.1, -0.05) is 42.5 Å². The number of anilines is 1. The molecule has 0 saturated carbocycles. The molecular weight excluding hydrogens is 502 g/mol. The van der Waals surface area contributed by atoms with Gasteiger partial charge in [0.15, 0.2) is 5.13 Å². The second-order valence-electron chi connectivity index (χ2n) is 8.51. The van der Waals surface area contributed by atoms with Crippen molar-refractivity contribution in [1.82, 2.24) is 10.3 Å². The fraction of sp³-hybridized carbons (Fsp3) is 0.207. The number of benzene rings is 3. The Labute approximate surface area is 225 Å². The first-order valence-electron chi connectivity index (χ1n) is 12.0. The van der Waals surface area contributed by atoms with Gasteiger partial charge < -0.3 is 24.8 Å². The van der Waals surface area contributed by atoms with E-state index in [1.807, 2.05) is 53.9 Å². The Hall–Kier alpha value is -4.37. The number of rotatable bonds is 12. The highest BCUT2D eigenvalue weighted by Crippen LogP contribution is 2.36. The summed E-state index contributed by atoms with van der Waals surface area (Å²) in [5, 5.41) is 14.0. The normalized spacial score (nSPS) is 10.6. The van der Waals surface area contributed by atoms with E-state index in [0.717, 1.165) is 46.4 Å². The van der Waals surface area contributed by atoms with Crippen molar-refractivity contribution in [1.29, 1.82) is 0 Å². The van der Waals surface area contributed by atoms with Gasteiger partial charge in [-0.3, -0.25) is 9.59 Å². The van der Waals surface area contributed by atoms with E-state index in [-0.39, 0.29) is 0 Å². The van der Waals surface area contributed by atoms with Gasteiger partial charge in [0, 0.05) is 29.6 Å². The number of carboxylic acids is 1. The number of hydrogen-bond acceptors (Lipinski definition) is 7. The molecule has 4 aromatic rings. The van der Waals surface area contributed by atoms with Crippen molar-refractivity contribution >= 4 is 28.3 Å². The predicted molar refractivity (Wildman–Crippen MR) is 148 cm³/mol. The van der Waals surface area contributed by atoms with E-state index in [9.17, 15) is 9.59 Å². The van der Waals surface area contributed by atoms with Crippen LogP contribution in [0.15, 0.2) is 78.2 Å². The molecule has 0 bridgehead atoms. The number of carbonyl (C=O) groups excluding carboxylic acids is 1. The molecule has 8 nitrogen and oxygen atoms in total. The minimum Gasteiger partial charge on any atom is -0.497 e. The fourth-order valence-electron chi connectivity index (χ4n) is 3.94. The number of ether oxygens (including phenoxy) is 2. The number of thiazole rings is 1. The van der Waals surface area contributed by atoms with Crippen LogP contribution in [0.2, 0.25) is 0 Å². The van der Waals surface area contributed by atoms with Crippen LogP contribution in [-0.4, -0.2) is 49.3 Å². The molecule has 0 unspecified atom stereocenters. The summed E-state index contributed by atoms with van der Waals surface area (Å²) < 4.78 is 11.0. The van der Waals surface area contributed by atoms with E-state index >= 15 is 0 Å². The zero-order chi connectivity index (χ0) is 26.9. The van der Waals surface area contributed by atoms with Crippen LogP contribution in [0.5, 0.6) is 11.5 Å². The molecule has 1 heterocycles. The number of aromatic nitrogens is 1. The number of aliphatic carboxylic acids is 1. The molecule has 1 aromatic heterocycles. The zero-order valence-corrected chi connectivity index (χ0v) is 22.0. The Bertz CT molecular complexity index is 1370. The summed E-state index contributed by atoms with van der Waals surface area (Å²) >= 11 is 1.56. The van der Waals surface area contributed by atoms with Crippen LogP contribution in [0.1, 0.15) is 21.5 Å². The lowest BCUT2D eigenvalue weighted by atomic mass is 10.1. The highest BCUT2D eigenvalue weighted by atomic mass is 32.1. The largest absolute Gasteiger partial charge is 0.497 e. The van der Waals surface area contributed by atoms with Crippen LogP contribution in [0.25, 0.3) is 11.3 Å². The molecule has 0 aliphatic heterocycles. The topological polar surface area (TPSA) is 101 Å². The SMILES string of the molecule is COc1ccc(OC)c(-c2csc(N(CCc3ccccc3)Cc3ccc(C(=O)NCC(=O)O)cc3)n2)c1. The van der Waals surface area contributed by atoms with E-state index in [1.165, 1.54) is 5.56 Å². The van der Waals surface area contributed by atoms with Crippen molar-refractivity contribution in [3.8, 4) is 22.8 Å². The van der Waals surface area contributed by atoms with E-state index in [4.69, 9.17) is 19.6 Å². The fourth-order valence-corrected chi connectivity index (χ4v) is 4.79. The standard InChI is InChI=1S/C29H29N3O5S/c1-36-23-12-13-26(37-2)24(16-23)25-19-38-29(31-25)32(15-14-20-6-4-3-5-7-20)18-21-8-10-22(11-9-21)28(35)30-17-27(33)34/h3-13,16,19H,14-15,17-18H2,1-2H3,(H,30,35)(H,33,34). The molecule has 2 N–H and O–H groups in total. The number of carboxylic acid groups (broad SMARTS) is 1. The van der Waals surface area contributed by atoms with Crippen LogP contribution in [0.3, 0.4) is 0 Å². The van der Waals surface area contributed by atoms with Crippen LogP contribution < -0.4 is 19.7 Å². The molecule has 0 fully saturated rings. The van der Waals surface area contributed by atoms with Gasteiger partial charge in [-0.25, -0.2) is 4.98 Å². The molecule has 196 valence electrons. The van der Waals surface area contributed by atoms with Gasteiger partial charge in [0.05, 0.1) is 19.9 Å². The lowest BCUT2D eigenvalue weighted by molar-refractivity contribution is -0.135. The molecule has 0 atom stereocenters. The molecule has 3 aromatic carbocycles. The maximum absolute atomic E-state index is 12.2. The summed E-state index contributed by atoms with van der Waals surface area (Å²) in [6.07, 6.45) is 0.841. The van der Waals surface area contributed by atoms with E-state index in [2.05, 4.69) is 22.3 Å².